The number of hydrogen-bond acceptors (Lipinski definition) is 4. The Hall–Kier alpha value is -2.54. The van der Waals surface area contributed by atoms with E-state index in [2.05, 4.69) is 5.10 Å². The van der Waals surface area contributed by atoms with Crippen molar-refractivity contribution in [3.63, 3.8) is 0 Å². The number of nitrogens with zero attached hydrogens (tertiary/aromatic N) is 2. The number of carboxylic acids is 1. The molecular formula is C14H14ClN3O4. The summed E-state index contributed by atoms with van der Waals surface area (Å²) in [6, 6.07) is 6.59. The first-order valence-electron chi connectivity index (χ1n) is 6.35. The maximum Gasteiger partial charge on any atom is 0.354 e. The Bertz CT molecular complexity index is 710. The van der Waals surface area contributed by atoms with Gasteiger partial charge in [0, 0.05) is 11.4 Å². The highest BCUT2D eigenvalue weighted by Gasteiger charge is 2.26. The number of amides is 1. The number of halogens is 1. The molecule has 0 fully saturated rings. The van der Waals surface area contributed by atoms with E-state index in [1.165, 1.54) is 11.8 Å². The third-order valence-electron chi connectivity index (χ3n) is 3.08. The van der Waals surface area contributed by atoms with E-state index in [1.54, 1.807) is 24.3 Å². The summed E-state index contributed by atoms with van der Waals surface area (Å²) in [6.45, 7) is 0. The average molecular weight is 324 g/mol. The molecule has 0 saturated carbocycles. The Morgan fingerprint density at radius 3 is 2.45 bits per heavy atom. The highest BCUT2D eigenvalue weighted by atomic mass is 35.5. The lowest BCUT2D eigenvalue weighted by molar-refractivity contribution is 0.0685. The fraction of sp³-hybridized carbons (Fsp3) is 0.214. The molecule has 0 aliphatic rings. The van der Waals surface area contributed by atoms with E-state index < -0.39 is 11.9 Å². The van der Waals surface area contributed by atoms with Gasteiger partial charge in [0.2, 0.25) is 0 Å². The first kappa shape index (κ1) is 15.8. The van der Waals surface area contributed by atoms with Gasteiger partial charge < -0.3 is 15.6 Å². The van der Waals surface area contributed by atoms with Crippen LogP contribution in [0.3, 0.4) is 0 Å². The van der Waals surface area contributed by atoms with Gasteiger partial charge >= 0.3 is 5.97 Å². The number of carboxylic acid groups (broad SMARTS) is 1. The molecule has 8 heteroatoms. The lowest BCUT2D eigenvalue weighted by Crippen LogP contribution is -2.14. The summed E-state index contributed by atoms with van der Waals surface area (Å²) in [4.78, 5) is 23.1. The second-order valence-corrected chi connectivity index (χ2v) is 4.77. The Balaban J connectivity index is 2.65. The molecule has 1 heterocycles. The van der Waals surface area contributed by atoms with Crippen LogP contribution in [0.25, 0.3) is 5.69 Å². The van der Waals surface area contributed by atoms with Crippen LogP contribution in [0.4, 0.5) is 0 Å². The van der Waals surface area contributed by atoms with Gasteiger partial charge in [-0.2, -0.15) is 5.10 Å². The number of carbonyl (C=O) groups is 2. The van der Waals surface area contributed by atoms with Crippen LogP contribution in [0.1, 0.15) is 26.5 Å². The van der Waals surface area contributed by atoms with E-state index >= 15 is 0 Å². The van der Waals surface area contributed by atoms with Crippen molar-refractivity contribution >= 4 is 23.5 Å². The summed E-state index contributed by atoms with van der Waals surface area (Å²) >= 11 is 5.69. The fourth-order valence-corrected chi connectivity index (χ4v) is 2.30. The van der Waals surface area contributed by atoms with Crippen LogP contribution in [0, 0.1) is 0 Å². The van der Waals surface area contributed by atoms with Crippen LogP contribution >= 0.6 is 11.6 Å². The maximum absolute atomic E-state index is 11.6. The van der Waals surface area contributed by atoms with Crippen molar-refractivity contribution in [3.8, 4) is 11.4 Å². The van der Waals surface area contributed by atoms with E-state index in [0.29, 0.717) is 11.4 Å². The molecule has 0 saturated heterocycles. The lowest BCUT2D eigenvalue weighted by Gasteiger charge is -2.06. The largest absolute Gasteiger partial charge is 0.497 e. The molecule has 2 aromatic rings. The number of carbonyl (C=O) groups excluding carboxylic acids is 1. The number of hydrogen-bond donors (Lipinski definition) is 2. The van der Waals surface area contributed by atoms with Crippen molar-refractivity contribution < 1.29 is 19.4 Å². The molecule has 2 rings (SSSR count). The van der Waals surface area contributed by atoms with Crippen LogP contribution in [-0.2, 0) is 6.42 Å². The van der Waals surface area contributed by atoms with E-state index in [4.69, 9.17) is 22.1 Å². The van der Waals surface area contributed by atoms with Crippen molar-refractivity contribution in [1.82, 2.24) is 9.78 Å². The number of ether oxygens (including phenoxy) is 1. The van der Waals surface area contributed by atoms with Gasteiger partial charge in [0.15, 0.2) is 11.4 Å². The topological polar surface area (TPSA) is 107 Å². The number of aromatic nitrogens is 2. The molecule has 0 radical (unpaired) electrons. The van der Waals surface area contributed by atoms with Gasteiger partial charge in [-0.25, -0.2) is 9.48 Å². The number of methoxy groups -OCH3 is 1. The SMILES string of the molecule is COc1ccc(-n2nc(C(N)=O)c(CCCl)c2C(=O)O)cc1. The Kier molecular flexibility index (Phi) is 4.67. The molecule has 0 aliphatic carbocycles. The Labute approximate surface area is 131 Å². The highest BCUT2D eigenvalue weighted by Crippen LogP contribution is 2.22. The van der Waals surface area contributed by atoms with Gasteiger partial charge in [-0.3, -0.25) is 4.79 Å². The van der Waals surface area contributed by atoms with Crippen molar-refractivity contribution in [2.75, 3.05) is 13.0 Å². The summed E-state index contributed by atoms with van der Waals surface area (Å²) in [6.07, 6.45) is 0.178. The molecule has 1 aromatic heterocycles. The van der Waals surface area contributed by atoms with Gasteiger partial charge in [0.25, 0.3) is 5.91 Å². The number of benzene rings is 1. The van der Waals surface area contributed by atoms with Gasteiger partial charge in [0.1, 0.15) is 5.75 Å². The molecule has 3 N–H and O–H groups in total. The van der Waals surface area contributed by atoms with Crippen LogP contribution < -0.4 is 10.5 Å². The number of aromatic carboxylic acids is 1. The standard InChI is InChI=1S/C14H14ClN3O4/c1-22-9-4-2-8(3-5-9)18-12(14(20)21)10(6-7-15)11(17-18)13(16)19/h2-5H,6-7H2,1H3,(H2,16,19)(H,20,21). The Morgan fingerprint density at radius 1 is 1.36 bits per heavy atom. The van der Waals surface area contributed by atoms with E-state index in [-0.39, 0.29) is 29.3 Å². The summed E-state index contributed by atoms with van der Waals surface area (Å²) in [5.41, 5.74) is 5.77. The van der Waals surface area contributed by atoms with E-state index in [0.717, 1.165) is 0 Å². The lowest BCUT2D eigenvalue weighted by atomic mass is 10.1. The molecule has 22 heavy (non-hydrogen) atoms. The zero-order chi connectivity index (χ0) is 16.3. The number of nitrogens with two attached hydrogens (primary N) is 1. The zero-order valence-corrected chi connectivity index (χ0v) is 12.5. The molecular weight excluding hydrogens is 310 g/mol. The minimum absolute atomic E-state index is 0.0890. The zero-order valence-electron chi connectivity index (χ0n) is 11.7. The minimum Gasteiger partial charge on any atom is -0.497 e. The molecule has 0 spiro atoms. The molecule has 0 aliphatic heterocycles. The quantitative estimate of drug-likeness (QED) is 0.782. The van der Waals surface area contributed by atoms with Gasteiger partial charge in [-0.15, -0.1) is 11.6 Å². The predicted octanol–water partition coefficient (Wildman–Crippen LogP) is 1.46. The van der Waals surface area contributed by atoms with Crippen molar-refractivity contribution in [2.24, 2.45) is 5.73 Å². The summed E-state index contributed by atoms with van der Waals surface area (Å²) in [7, 11) is 1.52. The van der Waals surface area contributed by atoms with Crippen LogP contribution in [0.5, 0.6) is 5.75 Å². The number of alkyl halides is 1. The monoisotopic (exact) mass is 323 g/mol. The van der Waals surface area contributed by atoms with Crippen molar-refractivity contribution in [2.45, 2.75) is 6.42 Å². The molecule has 1 amide bonds. The van der Waals surface area contributed by atoms with Crippen molar-refractivity contribution in [1.29, 1.82) is 0 Å². The van der Waals surface area contributed by atoms with E-state index in [9.17, 15) is 14.7 Å². The normalized spacial score (nSPS) is 10.5. The summed E-state index contributed by atoms with van der Waals surface area (Å²) in [5, 5.41) is 13.5. The molecule has 7 nitrogen and oxygen atoms in total. The van der Waals surface area contributed by atoms with Crippen LogP contribution in [0.2, 0.25) is 0 Å². The third-order valence-corrected chi connectivity index (χ3v) is 3.27. The number of primary amides is 1. The minimum atomic E-state index is -1.21. The second kappa shape index (κ2) is 6.48. The van der Waals surface area contributed by atoms with Crippen LogP contribution in [-0.4, -0.2) is 39.8 Å². The predicted molar refractivity (Wildman–Crippen MR) is 80.0 cm³/mol. The maximum atomic E-state index is 11.6. The van der Waals surface area contributed by atoms with Gasteiger partial charge in [-0.1, -0.05) is 0 Å². The van der Waals surface area contributed by atoms with Gasteiger partial charge in [-0.05, 0) is 30.7 Å². The molecule has 116 valence electrons. The van der Waals surface area contributed by atoms with E-state index in [1.807, 2.05) is 0 Å². The molecule has 1 aromatic carbocycles. The Morgan fingerprint density at radius 2 is 2.00 bits per heavy atom. The van der Waals surface area contributed by atoms with Crippen LogP contribution in [0.15, 0.2) is 24.3 Å². The highest BCUT2D eigenvalue weighted by molar-refractivity contribution is 6.18. The second-order valence-electron chi connectivity index (χ2n) is 4.39. The fourth-order valence-electron chi connectivity index (χ4n) is 2.11. The number of rotatable bonds is 6. The first-order valence-corrected chi connectivity index (χ1v) is 6.88. The first-order chi connectivity index (χ1) is 10.5. The third kappa shape index (κ3) is 2.89. The smallest absolute Gasteiger partial charge is 0.354 e. The summed E-state index contributed by atoms with van der Waals surface area (Å²) in [5.74, 6) is -1.25. The van der Waals surface area contributed by atoms with Crippen molar-refractivity contribution in [3.05, 3.63) is 41.2 Å². The summed E-state index contributed by atoms with van der Waals surface area (Å²) < 4.78 is 6.22. The average Bonchev–Trinajstić information content (AvgIpc) is 2.87. The molecule has 0 bridgehead atoms. The molecule has 0 atom stereocenters. The molecule has 0 unspecified atom stereocenters. The van der Waals surface area contributed by atoms with Gasteiger partial charge in [0.05, 0.1) is 12.8 Å².